The van der Waals surface area contributed by atoms with Gasteiger partial charge in [0.15, 0.2) is 5.82 Å². The molecule has 1 aliphatic heterocycles. The molecule has 1 aliphatic rings. The highest BCUT2D eigenvalue weighted by Crippen LogP contribution is 2.52. The second-order valence-electron chi connectivity index (χ2n) is 12.1. The molecular formula is C42H29N3O. The monoisotopic (exact) mass is 591 g/mol. The van der Waals surface area contributed by atoms with Gasteiger partial charge in [-0.1, -0.05) is 123 Å². The van der Waals surface area contributed by atoms with E-state index in [1.807, 2.05) is 54.6 Å². The lowest BCUT2D eigenvalue weighted by molar-refractivity contribution is 0.419. The van der Waals surface area contributed by atoms with E-state index < -0.39 is 5.41 Å². The number of hydrogen-bond acceptors (Lipinski definition) is 4. The summed E-state index contributed by atoms with van der Waals surface area (Å²) in [6.45, 7) is 4.40. The van der Waals surface area contributed by atoms with Gasteiger partial charge in [-0.25, -0.2) is 9.97 Å². The molecule has 0 spiro atoms. The summed E-state index contributed by atoms with van der Waals surface area (Å²) in [5.74, 6) is 2.26. The summed E-state index contributed by atoms with van der Waals surface area (Å²) >= 11 is 0. The zero-order chi connectivity index (χ0) is 31.3. The van der Waals surface area contributed by atoms with E-state index in [9.17, 15) is 5.26 Å². The number of aromatic nitrogens is 2. The maximum Gasteiger partial charge on any atom is 0.161 e. The Hall–Kier alpha value is -6.05. The average molecular weight is 592 g/mol. The van der Waals surface area contributed by atoms with Gasteiger partial charge in [-0.15, -0.1) is 0 Å². The van der Waals surface area contributed by atoms with E-state index in [0.717, 1.165) is 67.0 Å². The Morgan fingerprint density at radius 3 is 2.07 bits per heavy atom. The Morgan fingerprint density at radius 1 is 0.587 bits per heavy atom. The van der Waals surface area contributed by atoms with Gasteiger partial charge in [0, 0.05) is 33.1 Å². The van der Waals surface area contributed by atoms with E-state index in [1.165, 1.54) is 5.56 Å². The molecule has 0 amide bonds. The van der Waals surface area contributed by atoms with Crippen LogP contribution in [0.3, 0.4) is 0 Å². The van der Waals surface area contributed by atoms with Gasteiger partial charge in [0.05, 0.1) is 22.8 Å². The van der Waals surface area contributed by atoms with Crippen LogP contribution in [-0.2, 0) is 5.41 Å². The smallest absolute Gasteiger partial charge is 0.161 e. The van der Waals surface area contributed by atoms with E-state index in [0.29, 0.717) is 11.4 Å². The van der Waals surface area contributed by atoms with Crippen LogP contribution in [-0.4, -0.2) is 9.97 Å². The number of hydrogen-bond donors (Lipinski definition) is 0. The second kappa shape index (κ2) is 10.8. The van der Waals surface area contributed by atoms with E-state index in [2.05, 4.69) is 105 Å². The maximum atomic E-state index is 9.64. The molecule has 2 heterocycles. The fourth-order valence-corrected chi connectivity index (χ4v) is 6.70. The third-order valence-corrected chi connectivity index (χ3v) is 8.98. The molecule has 8 rings (SSSR count). The maximum absolute atomic E-state index is 9.64. The molecule has 4 heteroatoms. The number of ether oxygens (including phenoxy) is 1. The zero-order valence-electron chi connectivity index (χ0n) is 25.5. The number of rotatable bonds is 4. The Morgan fingerprint density at radius 2 is 1.26 bits per heavy atom. The van der Waals surface area contributed by atoms with Crippen molar-refractivity contribution in [1.29, 1.82) is 5.26 Å². The number of fused-ring (bicyclic) bond motifs is 3. The van der Waals surface area contributed by atoms with Gasteiger partial charge in [0.1, 0.15) is 11.5 Å². The average Bonchev–Trinajstić information content (AvgIpc) is 3.11. The molecular weight excluding hydrogens is 562 g/mol. The van der Waals surface area contributed by atoms with Gasteiger partial charge in [0.2, 0.25) is 0 Å². The molecule has 0 N–H and O–H groups in total. The van der Waals surface area contributed by atoms with Crippen LogP contribution in [0.1, 0.15) is 30.5 Å². The molecule has 0 atom stereocenters. The van der Waals surface area contributed by atoms with E-state index in [-0.39, 0.29) is 0 Å². The number of nitrogens with zero attached hydrogens (tertiary/aromatic N) is 3. The van der Waals surface area contributed by atoms with E-state index in [4.69, 9.17) is 14.7 Å². The second-order valence-corrected chi connectivity index (χ2v) is 12.1. The van der Waals surface area contributed by atoms with Crippen molar-refractivity contribution < 1.29 is 4.74 Å². The van der Waals surface area contributed by atoms with Crippen LogP contribution in [0.2, 0.25) is 0 Å². The Bertz CT molecular complexity index is 2320. The van der Waals surface area contributed by atoms with Crippen molar-refractivity contribution in [1.82, 2.24) is 9.97 Å². The predicted molar refractivity (Wildman–Crippen MR) is 185 cm³/mol. The summed E-state index contributed by atoms with van der Waals surface area (Å²) in [6.07, 6.45) is 0. The van der Waals surface area contributed by atoms with Gasteiger partial charge in [-0.05, 0) is 52.6 Å². The van der Waals surface area contributed by atoms with Gasteiger partial charge >= 0.3 is 0 Å². The molecule has 0 aliphatic carbocycles. The van der Waals surface area contributed by atoms with Crippen molar-refractivity contribution in [2.75, 3.05) is 0 Å². The largest absolute Gasteiger partial charge is 0.457 e. The van der Waals surface area contributed by atoms with Crippen molar-refractivity contribution in [3.8, 4) is 62.5 Å². The highest BCUT2D eigenvalue weighted by atomic mass is 16.5. The molecule has 6 aromatic carbocycles. The minimum Gasteiger partial charge on any atom is -0.457 e. The van der Waals surface area contributed by atoms with E-state index >= 15 is 0 Å². The first-order valence-corrected chi connectivity index (χ1v) is 15.4. The molecule has 4 nitrogen and oxygen atoms in total. The Labute approximate surface area is 268 Å². The highest BCUT2D eigenvalue weighted by Gasteiger charge is 2.37. The number of benzene rings is 6. The topological polar surface area (TPSA) is 58.8 Å². The molecule has 1 aromatic heterocycles. The first-order chi connectivity index (χ1) is 22.5. The van der Waals surface area contributed by atoms with Gasteiger partial charge in [-0.2, -0.15) is 5.26 Å². The Kier molecular flexibility index (Phi) is 6.48. The van der Waals surface area contributed by atoms with Crippen LogP contribution < -0.4 is 4.74 Å². The van der Waals surface area contributed by atoms with Gasteiger partial charge < -0.3 is 4.74 Å². The van der Waals surface area contributed by atoms with Crippen molar-refractivity contribution >= 4 is 10.9 Å². The minimum atomic E-state index is -0.421. The lowest BCUT2D eigenvalue weighted by Crippen LogP contribution is -2.25. The molecule has 0 fully saturated rings. The quantitative estimate of drug-likeness (QED) is 0.204. The summed E-state index contributed by atoms with van der Waals surface area (Å²) in [5, 5.41) is 10.6. The number of nitriles is 1. The van der Waals surface area contributed by atoms with Crippen LogP contribution in [0, 0.1) is 11.3 Å². The predicted octanol–water partition coefficient (Wildman–Crippen LogP) is 10.6. The summed E-state index contributed by atoms with van der Waals surface area (Å²) < 4.78 is 6.46. The van der Waals surface area contributed by atoms with Crippen LogP contribution in [0.5, 0.6) is 11.5 Å². The van der Waals surface area contributed by atoms with Crippen LogP contribution in [0.15, 0.2) is 140 Å². The minimum absolute atomic E-state index is 0.421. The Balaban J connectivity index is 1.29. The van der Waals surface area contributed by atoms with Crippen molar-refractivity contribution in [3.63, 3.8) is 0 Å². The molecule has 0 radical (unpaired) electrons. The SMILES string of the molecule is CC1(C)c2cc(C#N)ccc2Oc2cccc(-c3ccccc3-c3nc(-c4ccc(-c5ccccc5)cc4)c4ccccc4n3)c21. The first kappa shape index (κ1) is 27.5. The van der Waals surface area contributed by atoms with Crippen molar-refractivity contribution in [2.45, 2.75) is 19.3 Å². The van der Waals surface area contributed by atoms with Crippen LogP contribution >= 0.6 is 0 Å². The fourth-order valence-electron chi connectivity index (χ4n) is 6.70. The third-order valence-electron chi connectivity index (χ3n) is 8.98. The van der Waals surface area contributed by atoms with Crippen molar-refractivity contribution in [3.05, 3.63) is 156 Å². The van der Waals surface area contributed by atoms with Gasteiger partial charge in [-0.3, -0.25) is 0 Å². The molecule has 46 heavy (non-hydrogen) atoms. The summed E-state index contributed by atoms with van der Waals surface area (Å²) in [6, 6.07) is 49.7. The van der Waals surface area contributed by atoms with Crippen LogP contribution in [0.4, 0.5) is 0 Å². The fraction of sp³-hybridized carbons (Fsp3) is 0.0714. The van der Waals surface area contributed by atoms with Crippen LogP contribution in [0.25, 0.3) is 55.8 Å². The normalized spacial score (nSPS) is 12.9. The number of para-hydroxylation sites is 1. The molecule has 218 valence electrons. The lowest BCUT2D eigenvalue weighted by atomic mass is 9.72. The summed E-state index contributed by atoms with van der Waals surface area (Å²) in [4.78, 5) is 10.4. The lowest BCUT2D eigenvalue weighted by Gasteiger charge is -2.36. The third kappa shape index (κ3) is 4.53. The van der Waals surface area contributed by atoms with Crippen molar-refractivity contribution in [2.24, 2.45) is 0 Å². The first-order valence-electron chi connectivity index (χ1n) is 15.4. The highest BCUT2D eigenvalue weighted by molar-refractivity contribution is 5.95. The van der Waals surface area contributed by atoms with E-state index in [1.54, 1.807) is 0 Å². The summed E-state index contributed by atoms with van der Waals surface area (Å²) in [7, 11) is 0. The van der Waals surface area contributed by atoms with Gasteiger partial charge in [0.25, 0.3) is 0 Å². The zero-order valence-corrected chi connectivity index (χ0v) is 25.5. The summed E-state index contributed by atoms with van der Waals surface area (Å²) in [5.41, 5.74) is 10.4. The molecule has 0 unspecified atom stereocenters. The molecule has 0 saturated carbocycles. The molecule has 7 aromatic rings. The molecule has 0 bridgehead atoms. The standard InChI is InChI=1S/C42H29N3O/c1-42(2)35-25-27(26-43)19-24-37(35)46-38-18-10-16-32(39(38)42)31-13-6-7-14-33(31)41-44-36-17-9-8-15-34(36)40(45-41)30-22-20-29(21-23-30)28-11-4-3-5-12-28/h3-25H,1-2H3. The molecule has 0 saturated heterocycles.